The fraction of sp³-hybridized carbons (Fsp3) is 0.290. The van der Waals surface area contributed by atoms with Gasteiger partial charge < -0.3 is 24.5 Å². The molecular formula is C31H33N5O2. The van der Waals surface area contributed by atoms with Crippen molar-refractivity contribution in [3.8, 4) is 11.5 Å². The number of nitrogens with two attached hydrogens (primary N) is 1. The number of nitrogens with zero attached hydrogens (tertiary/aromatic N) is 4. The van der Waals surface area contributed by atoms with Gasteiger partial charge in [0.15, 0.2) is 5.82 Å². The lowest BCUT2D eigenvalue weighted by molar-refractivity contribution is 0.0709. The minimum absolute atomic E-state index is 0.0215. The predicted molar refractivity (Wildman–Crippen MR) is 151 cm³/mol. The summed E-state index contributed by atoms with van der Waals surface area (Å²) in [5.74, 6) is 0.891. The second-order valence-corrected chi connectivity index (χ2v) is 10.1. The summed E-state index contributed by atoms with van der Waals surface area (Å²) in [6, 6.07) is 27.0. The molecule has 0 spiro atoms. The van der Waals surface area contributed by atoms with Gasteiger partial charge in [-0.1, -0.05) is 48.5 Å². The molecule has 0 saturated carbocycles. The molecule has 0 aliphatic carbocycles. The molecule has 0 bridgehead atoms. The van der Waals surface area contributed by atoms with Crippen LogP contribution in [0.3, 0.4) is 0 Å². The highest BCUT2D eigenvalue weighted by Crippen LogP contribution is 2.32. The second-order valence-electron chi connectivity index (χ2n) is 10.1. The van der Waals surface area contributed by atoms with E-state index in [0.29, 0.717) is 25.3 Å². The molecular weight excluding hydrogens is 474 g/mol. The van der Waals surface area contributed by atoms with E-state index in [-0.39, 0.29) is 11.9 Å². The molecule has 0 radical (unpaired) electrons. The minimum atomic E-state index is 0.0215. The van der Waals surface area contributed by atoms with Crippen molar-refractivity contribution < 1.29 is 9.53 Å². The van der Waals surface area contributed by atoms with Gasteiger partial charge in [0.25, 0.3) is 5.91 Å². The highest BCUT2D eigenvalue weighted by Gasteiger charge is 2.24. The number of hydrogen-bond acceptors (Lipinski definition) is 4. The number of aromatic nitrogens is 3. The van der Waals surface area contributed by atoms with Gasteiger partial charge in [0.05, 0.1) is 23.3 Å². The van der Waals surface area contributed by atoms with Gasteiger partial charge in [0.2, 0.25) is 0 Å². The van der Waals surface area contributed by atoms with Crippen LogP contribution in [-0.4, -0.2) is 57.8 Å². The first kappa shape index (κ1) is 24.4. The van der Waals surface area contributed by atoms with Crippen molar-refractivity contribution in [2.75, 3.05) is 26.8 Å². The number of likely N-dealkylation sites (tertiary alicyclic amines) is 1. The van der Waals surface area contributed by atoms with E-state index in [0.717, 1.165) is 54.0 Å². The molecule has 1 atom stereocenters. The molecule has 1 aliphatic rings. The Morgan fingerprint density at radius 3 is 2.63 bits per heavy atom. The molecule has 1 amide bonds. The number of carbonyl (C=O) groups is 1. The summed E-state index contributed by atoms with van der Waals surface area (Å²) in [5, 5.41) is 1.17. The van der Waals surface area contributed by atoms with E-state index in [2.05, 4.69) is 63.7 Å². The number of benzene rings is 3. The Bertz CT molecular complexity index is 1590. The molecule has 5 aromatic rings. The molecule has 6 rings (SSSR count). The zero-order valence-corrected chi connectivity index (χ0v) is 21.7. The highest BCUT2D eigenvalue weighted by atomic mass is 16.5. The van der Waals surface area contributed by atoms with E-state index in [4.69, 9.17) is 15.5 Å². The van der Waals surface area contributed by atoms with Crippen LogP contribution in [0.1, 0.15) is 28.8 Å². The zero-order valence-electron chi connectivity index (χ0n) is 21.7. The first-order valence-corrected chi connectivity index (χ1v) is 13.3. The van der Waals surface area contributed by atoms with Crippen LogP contribution in [-0.2, 0) is 17.8 Å². The van der Waals surface area contributed by atoms with Crippen molar-refractivity contribution in [3.63, 3.8) is 0 Å². The van der Waals surface area contributed by atoms with Crippen molar-refractivity contribution in [1.82, 2.24) is 19.0 Å². The van der Waals surface area contributed by atoms with Crippen molar-refractivity contribution in [3.05, 3.63) is 90.0 Å². The topological polar surface area (TPSA) is 78.3 Å². The summed E-state index contributed by atoms with van der Waals surface area (Å²) < 4.78 is 10.0. The average Bonchev–Trinajstić information content (AvgIpc) is 3.49. The molecule has 2 N–H and O–H groups in total. The summed E-state index contributed by atoms with van der Waals surface area (Å²) in [4.78, 5) is 20.3. The van der Waals surface area contributed by atoms with Gasteiger partial charge in [0, 0.05) is 55.8 Å². The predicted octanol–water partition coefficient (Wildman–Crippen LogP) is 4.92. The van der Waals surface area contributed by atoms with E-state index in [1.54, 1.807) is 7.11 Å². The maximum Gasteiger partial charge on any atom is 0.253 e. The smallest absolute Gasteiger partial charge is 0.253 e. The Hall–Kier alpha value is -3.94. The van der Waals surface area contributed by atoms with Gasteiger partial charge in [-0.25, -0.2) is 4.98 Å². The summed E-state index contributed by atoms with van der Waals surface area (Å²) >= 11 is 0. The number of ether oxygens (including phenoxy) is 1. The third-order valence-electron chi connectivity index (χ3n) is 7.48. The van der Waals surface area contributed by atoms with Crippen molar-refractivity contribution in [1.29, 1.82) is 0 Å². The summed E-state index contributed by atoms with van der Waals surface area (Å²) in [7, 11) is 1.71. The van der Waals surface area contributed by atoms with Gasteiger partial charge >= 0.3 is 0 Å². The summed E-state index contributed by atoms with van der Waals surface area (Å²) in [6.45, 7) is 3.30. The van der Waals surface area contributed by atoms with E-state index in [9.17, 15) is 4.79 Å². The molecule has 194 valence electrons. The maximum absolute atomic E-state index is 13.3. The lowest BCUT2D eigenvalue weighted by atomic mass is 10.1. The van der Waals surface area contributed by atoms with E-state index < -0.39 is 0 Å². The lowest BCUT2D eigenvalue weighted by Crippen LogP contribution is -2.45. The number of amides is 1. The Kier molecular flexibility index (Phi) is 6.70. The Balaban J connectivity index is 1.47. The van der Waals surface area contributed by atoms with Crippen LogP contribution in [0.2, 0.25) is 0 Å². The second kappa shape index (κ2) is 10.4. The van der Waals surface area contributed by atoms with Gasteiger partial charge in [-0.05, 0) is 48.7 Å². The van der Waals surface area contributed by atoms with E-state index in [1.165, 1.54) is 10.9 Å². The third kappa shape index (κ3) is 4.59. The third-order valence-corrected chi connectivity index (χ3v) is 7.48. The molecule has 1 saturated heterocycles. The van der Waals surface area contributed by atoms with Crippen LogP contribution < -0.4 is 5.73 Å². The van der Waals surface area contributed by atoms with Crippen LogP contribution in [0.25, 0.3) is 33.5 Å². The first-order chi connectivity index (χ1) is 18.6. The molecule has 2 aromatic heterocycles. The van der Waals surface area contributed by atoms with Crippen molar-refractivity contribution in [2.24, 2.45) is 5.73 Å². The Labute approximate surface area is 222 Å². The molecule has 3 heterocycles. The standard InChI is InChI=1S/C31H33N5O2/c1-38-17-16-35-28-14-13-24(31(37)34-15-7-11-25(32)21-34)18-26(28)33-30(35)29-19-23-10-5-6-12-27(23)36(29)20-22-8-3-2-4-9-22/h2-6,8-10,12-14,18-19,25H,7,11,15-17,20-21,32H2,1H3/t25-/m1/s1. The van der Waals surface area contributed by atoms with Crippen LogP contribution in [0.15, 0.2) is 78.9 Å². The Morgan fingerprint density at radius 2 is 1.82 bits per heavy atom. The molecule has 0 unspecified atom stereocenters. The highest BCUT2D eigenvalue weighted by molar-refractivity contribution is 5.98. The Morgan fingerprint density at radius 1 is 1.00 bits per heavy atom. The van der Waals surface area contributed by atoms with Crippen molar-refractivity contribution >= 4 is 27.8 Å². The zero-order chi connectivity index (χ0) is 26.1. The quantitative estimate of drug-likeness (QED) is 0.339. The number of carbonyl (C=O) groups excluding carboxylic acids is 1. The van der Waals surface area contributed by atoms with Crippen LogP contribution in [0.5, 0.6) is 0 Å². The SMILES string of the molecule is COCCn1c(-c2cc3ccccc3n2Cc2ccccc2)nc2cc(C(=O)N3CCC[C@@H](N)C3)ccc21. The van der Waals surface area contributed by atoms with Gasteiger partial charge in [0.1, 0.15) is 0 Å². The lowest BCUT2D eigenvalue weighted by Gasteiger charge is -2.30. The number of imidazole rings is 1. The molecule has 1 aliphatic heterocycles. The summed E-state index contributed by atoms with van der Waals surface area (Å²) in [6.07, 6.45) is 1.91. The summed E-state index contributed by atoms with van der Waals surface area (Å²) in [5.41, 5.74) is 12.0. The maximum atomic E-state index is 13.3. The van der Waals surface area contributed by atoms with Crippen LogP contribution in [0.4, 0.5) is 0 Å². The number of hydrogen-bond donors (Lipinski definition) is 1. The number of para-hydroxylation sites is 1. The minimum Gasteiger partial charge on any atom is -0.383 e. The monoisotopic (exact) mass is 507 g/mol. The molecule has 38 heavy (non-hydrogen) atoms. The van der Waals surface area contributed by atoms with Gasteiger partial charge in [-0.15, -0.1) is 0 Å². The molecule has 1 fully saturated rings. The molecule has 7 nitrogen and oxygen atoms in total. The van der Waals surface area contributed by atoms with Crippen LogP contribution in [0, 0.1) is 0 Å². The van der Waals surface area contributed by atoms with E-state index >= 15 is 0 Å². The van der Waals surface area contributed by atoms with Crippen molar-refractivity contribution in [2.45, 2.75) is 32.0 Å². The number of piperidine rings is 1. The number of rotatable bonds is 7. The van der Waals surface area contributed by atoms with Gasteiger partial charge in [-0.3, -0.25) is 4.79 Å². The molecule has 3 aromatic carbocycles. The fourth-order valence-corrected chi connectivity index (χ4v) is 5.58. The largest absolute Gasteiger partial charge is 0.383 e. The van der Waals surface area contributed by atoms with Gasteiger partial charge in [-0.2, -0.15) is 0 Å². The van der Waals surface area contributed by atoms with E-state index in [1.807, 2.05) is 29.2 Å². The fourth-order valence-electron chi connectivity index (χ4n) is 5.58. The first-order valence-electron chi connectivity index (χ1n) is 13.3. The normalized spacial score (nSPS) is 15.9. The average molecular weight is 508 g/mol. The molecule has 7 heteroatoms. The van der Waals surface area contributed by atoms with Crippen LogP contribution >= 0.6 is 0 Å². The number of fused-ring (bicyclic) bond motifs is 2. The number of methoxy groups -OCH3 is 1.